The van der Waals surface area contributed by atoms with Gasteiger partial charge in [0.15, 0.2) is 0 Å². The number of carbonyl (C=O) groups excluding carboxylic acids is 1. The van der Waals surface area contributed by atoms with Crippen LogP contribution < -0.4 is 15.4 Å². The molecule has 0 aliphatic carbocycles. The molecule has 17 heavy (non-hydrogen) atoms. The maximum Gasteiger partial charge on any atom is 0.387 e. The Hall–Kier alpha value is -1.85. The molecule has 0 saturated carbocycles. The van der Waals surface area contributed by atoms with Gasteiger partial charge in [-0.1, -0.05) is 0 Å². The maximum atomic E-state index is 11.9. The lowest BCUT2D eigenvalue weighted by molar-refractivity contribution is -0.0498. The molecule has 0 fully saturated rings. The minimum atomic E-state index is -2.85. The first kappa shape index (κ1) is 13.2. The molecular formula is C11H14F2N2O2. The average molecular weight is 244 g/mol. The van der Waals surface area contributed by atoms with Gasteiger partial charge in [0.2, 0.25) is 0 Å². The largest absolute Gasteiger partial charge is 0.435 e. The van der Waals surface area contributed by atoms with Crippen LogP contribution in [0.15, 0.2) is 24.3 Å². The summed E-state index contributed by atoms with van der Waals surface area (Å²) in [5.41, 5.74) is 0.504. The third kappa shape index (κ3) is 5.14. The average Bonchev–Trinajstić information content (AvgIpc) is 2.18. The summed E-state index contributed by atoms with van der Waals surface area (Å²) >= 11 is 0. The first-order valence-electron chi connectivity index (χ1n) is 5.10. The van der Waals surface area contributed by atoms with Gasteiger partial charge in [-0.05, 0) is 38.1 Å². The van der Waals surface area contributed by atoms with Crippen molar-refractivity contribution >= 4 is 11.7 Å². The van der Waals surface area contributed by atoms with Crippen molar-refractivity contribution in [2.24, 2.45) is 0 Å². The van der Waals surface area contributed by atoms with Gasteiger partial charge in [-0.15, -0.1) is 0 Å². The van der Waals surface area contributed by atoms with Crippen molar-refractivity contribution in [3.8, 4) is 5.75 Å². The third-order valence-corrected chi connectivity index (χ3v) is 1.76. The fourth-order valence-corrected chi connectivity index (χ4v) is 1.15. The van der Waals surface area contributed by atoms with Gasteiger partial charge in [0.1, 0.15) is 5.75 Å². The maximum absolute atomic E-state index is 11.9. The van der Waals surface area contributed by atoms with Crippen LogP contribution in [0.25, 0.3) is 0 Å². The van der Waals surface area contributed by atoms with Crippen molar-refractivity contribution in [1.82, 2.24) is 5.32 Å². The van der Waals surface area contributed by atoms with Crippen LogP contribution in [-0.2, 0) is 0 Å². The lowest BCUT2D eigenvalue weighted by Crippen LogP contribution is -2.34. The number of nitrogens with one attached hydrogen (secondary N) is 2. The molecule has 0 radical (unpaired) electrons. The molecule has 0 aliphatic heterocycles. The van der Waals surface area contributed by atoms with Crippen molar-refractivity contribution < 1.29 is 18.3 Å². The molecule has 2 N–H and O–H groups in total. The standard InChI is InChI=1S/C11H14F2N2O2/c1-7(2)14-11(16)15-8-3-5-9(6-4-8)17-10(12)13/h3-7,10H,1-2H3,(H2,14,15,16). The molecule has 0 unspecified atom stereocenters. The molecule has 6 heteroatoms. The third-order valence-electron chi connectivity index (χ3n) is 1.76. The predicted octanol–water partition coefficient (Wildman–Crippen LogP) is 2.82. The zero-order valence-corrected chi connectivity index (χ0v) is 9.54. The number of halogens is 2. The second-order valence-corrected chi connectivity index (χ2v) is 3.66. The lowest BCUT2D eigenvalue weighted by Gasteiger charge is -2.10. The van der Waals surface area contributed by atoms with Gasteiger partial charge in [0.25, 0.3) is 0 Å². The predicted molar refractivity (Wildman–Crippen MR) is 60.4 cm³/mol. The number of ether oxygens (including phenoxy) is 1. The van der Waals surface area contributed by atoms with Crippen LogP contribution in [0.1, 0.15) is 13.8 Å². The van der Waals surface area contributed by atoms with Crippen molar-refractivity contribution in [2.75, 3.05) is 5.32 Å². The van der Waals surface area contributed by atoms with E-state index in [1.165, 1.54) is 24.3 Å². The molecule has 0 spiro atoms. The second kappa shape index (κ2) is 6.03. The Bertz CT molecular complexity index is 366. The topological polar surface area (TPSA) is 50.4 Å². The molecule has 0 atom stereocenters. The summed E-state index contributed by atoms with van der Waals surface area (Å²) in [6.45, 7) is 0.816. The van der Waals surface area contributed by atoms with E-state index >= 15 is 0 Å². The Morgan fingerprint density at radius 1 is 1.24 bits per heavy atom. The van der Waals surface area contributed by atoms with E-state index in [1.807, 2.05) is 13.8 Å². The van der Waals surface area contributed by atoms with E-state index in [9.17, 15) is 13.6 Å². The number of urea groups is 1. The minimum absolute atomic E-state index is 0.0245. The van der Waals surface area contributed by atoms with Gasteiger partial charge in [0.05, 0.1) is 0 Å². The van der Waals surface area contributed by atoms with E-state index in [1.54, 1.807) is 0 Å². The van der Waals surface area contributed by atoms with Crippen LogP contribution >= 0.6 is 0 Å². The smallest absolute Gasteiger partial charge is 0.387 e. The summed E-state index contributed by atoms with van der Waals surface area (Å²) in [6.07, 6.45) is 0. The van der Waals surface area contributed by atoms with Gasteiger partial charge in [-0.3, -0.25) is 0 Å². The highest BCUT2D eigenvalue weighted by Crippen LogP contribution is 2.17. The minimum Gasteiger partial charge on any atom is -0.435 e. The molecule has 0 saturated heterocycles. The van der Waals surface area contributed by atoms with Crippen LogP contribution in [0.5, 0.6) is 5.75 Å². The molecule has 0 bridgehead atoms. The number of rotatable bonds is 4. The van der Waals surface area contributed by atoms with E-state index < -0.39 is 6.61 Å². The van der Waals surface area contributed by atoms with Crippen LogP contribution in [0.2, 0.25) is 0 Å². The van der Waals surface area contributed by atoms with E-state index in [4.69, 9.17) is 0 Å². The monoisotopic (exact) mass is 244 g/mol. The molecule has 2 amide bonds. The highest BCUT2D eigenvalue weighted by Gasteiger charge is 2.05. The first-order chi connectivity index (χ1) is 7.97. The summed E-state index contributed by atoms with van der Waals surface area (Å²) in [5, 5.41) is 5.20. The first-order valence-corrected chi connectivity index (χ1v) is 5.10. The summed E-state index contributed by atoms with van der Waals surface area (Å²) in [4.78, 5) is 11.3. The van der Waals surface area contributed by atoms with Gasteiger partial charge >= 0.3 is 12.6 Å². The molecular weight excluding hydrogens is 230 g/mol. The molecule has 1 rings (SSSR count). The van der Waals surface area contributed by atoms with Gasteiger partial charge < -0.3 is 15.4 Å². The zero-order chi connectivity index (χ0) is 12.8. The van der Waals surface area contributed by atoms with E-state index in [-0.39, 0.29) is 17.8 Å². The van der Waals surface area contributed by atoms with Crippen LogP contribution in [0.4, 0.5) is 19.3 Å². The molecule has 1 aromatic rings. The lowest BCUT2D eigenvalue weighted by atomic mass is 10.3. The summed E-state index contributed by atoms with van der Waals surface area (Å²) in [5.74, 6) is 0.0508. The van der Waals surface area contributed by atoms with Gasteiger partial charge in [-0.2, -0.15) is 8.78 Å². The highest BCUT2D eigenvalue weighted by atomic mass is 19.3. The summed E-state index contributed by atoms with van der Waals surface area (Å²) < 4.78 is 27.9. The Morgan fingerprint density at radius 2 is 1.82 bits per heavy atom. The molecule has 0 aliphatic rings. The highest BCUT2D eigenvalue weighted by molar-refractivity contribution is 5.89. The Morgan fingerprint density at radius 3 is 2.29 bits per heavy atom. The SMILES string of the molecule is CC(C)NC(=O)Nc1ccc(OC(F)F)cc1. The van der Waals surface area contributed by atoms with E-state index in [0.717, 1.165) is 0 Å². The fourth-order valence-electron chi connectivity index (χ4n) is 1.15. The number of alkyl halides is 2. The number of amides is 2. The Kier molecular flexibility index (Phi) is 4.68. The van der Waals surface area contributed by atoms with Crippen LogP contribution in [-0.4, -0.2) is 18.7 Å². The second-order valence-electron chi connectivity index (χ2n) is 3.66. The molecule has 1 aromatic carbocycles. The van der Waals surface area contributed by atoms with Crippen LogP contribution in [0.3, 0.4) is 0 Å². The Labute approximate surface area is 98.0 Å². The number of benzene rings is 1. The van der Waals surface area contributed by atoms with Crippen molar-refractivity contribution in [2.45, 2.75) is 26.5 Å². The zero-order valence-electron chi connectivity index (χ0n) is 9.54. The summed E-state index contributed by atoms with van der Waals surface area (Å²) in [7, 11) is 0. The van der Waals surface area contributed by atoms with Crippen molar-refractivity contribution in [3.05, 3.63) is 24.3 Å². The number of hydrogen-bond acceptors (Lipinski definition) is 2. The Balaban J connectivity index is 2.53. The van der Waals surface area contributed by atoms with E-state index in [2.05, 4.69) is 15.4 Å². The van der Waals surface area contributed by atoms with Gasteiger partial charge in [-0.25, -0.2) is 4.79 Å². The molecule has 0 heterocycles. The number of carbonyl (C=O) groups is 1. The summed E-state index contributed by atoms with van der Waals surface area (Å²) in [6, 6.07) is 5.36. The van der Waals surface area contributed by atoms with E-state index in [0.29, 0.717) is 5.69 Å². The molecule has 4 nitrogen and oxygen atoms in total. The van der Waals surface area contributed by atoms with Crippen molar-refractivity contribution in [3.63, 3.8) is 0 Å². The fraction of sp³-hybridized carbons (Fsp3) is 0.364. The quantitative estimate of drug-likeness (QED) is 0.855. The number of hydrogen-bond donors (Lipinski definition) is 2. The number of anilines is 1. The van der Waals surface area contributed by atoms with Gasteiger partial charge in [0, 0.05) is 11.7 Å². The molecule has 94 valence electrons. The molecule has 0 aromatic heterocycles. The van der Waals surface area contributed by atoms with Crippen LogP contribution in [0, 0.1) is 0 Å². The normalized spacial score (nSPS) is 10.5. The van der Waals surface area contributed by atoms with Crippen molar-refractivity contribution in [1.29, 1.82) is 0 Å².